The fraction of sp³-hybridized carbons (Fsp3) is 0.526. The number of benzene rings is 1. The molecule has 11 heteroatoms. The number of carbonyl (C=O) groups is 3. The molecule has 2 rings (SSSR count). The molecule has 1 aliphatic heterocycles. The minimum absolute atomic E-state index is 0.0695. The highest BCUT2D eigenvalue weighted by atomic mass is 32.2. The molecule has 1 aromatic rings. The van der Waals surface area contributed by atoms with E-state index in [1.807, 2.05) is 24.5 Å². The van der Waals surface area contributed by atoms with Crippen LogP contribution in [-0.2, 0) is 19.1 Å². The molecule has 0 bridgehead atoms. The normalized spacial score (nSPS) is 19.2. The Balaban J connectivity index is 0.000000553. The van der Waals surface area contributed by atoms with Gasteiger partial charge in [0.15, 0.2) is 6.04 Å². The third kappa shape index (κ3) is 8.62. The average Bonchev–Trinajstić information content (AvgIpc) is 3.21. The second-order valence-electron chi connectivity index (χ2n) is 6.57. The van der Waals surface area contributed by atoms with Crippen molar-refractivity contribution < 1.29 is 42.7 Å². The lowest BCUT2D eigenvalue weighted by atomic mass is 9.96. The first-order valence-corrected chi connectivity index (χ1v) is 10.5. The molecule has 1 aliphatic rings. The van der Waals surface area contributed by atoms with Gasteiger partial charge >= 0.3 is 12.1 Å². The number of carboxylic acids is 1. The second kappa shape index (κ2) is 12.4. The highest BCUT2D eigenvalue weighted by Crippen LogP contribution is 2.22. The number of quaternary nitrogens is 1. The Kier molecular flexibility index (Phi) is 10.7. The van der Waals surface area contributed by atoms with Gasteiger partial charge in [-0.3, -0.25) is 4.79 Å². The zero-order valence-corrected chi connectivity index (χ0v) is 17.4. The van der Waals surface area contributed by atoms with Gasteiger partial charge in [-0.15, -0.1) is 0 Å². The van der Waals surface area contributed by atoms with Crippen LogP contribution in [0.1, 0.15) is 24.3 Å². The van der Waals surface area contributed by atoms with E-state index in [9.17, 15) is 22.8 Å². The number of nitrogens with one attached hydrogen (secondary N) is 1. The van der Waals surface area contributed by atoms with Gasteiger partial charge < -0.3 is 25.3 Å². The van der Waals surface area contributed by atoms with Crippen molar-refractivity contribution in [2.75, 3.05) is 25.7 Å². The molecule has 0 radical (unpaired) electrons. The summed E-state index contributed by atoms with van der Waals surface area (Å²) < 4.78 is 36.3. The topological polar surface area (TPSA) is 112 Å². The zero-order valence-electron chi connectivity index (χ0n) is 16.6. The van der Waals surface area contributed by atoms with Crippen LogP contribution in [0.4, 0.5) is 13.2 Å². The van der Waals surface area contributed by atoms with Gasteiger partial charge in [0, 0.05) is 12.3 Å². The van der Waals surface area contributed by atoms with Crippen LogP contribution in [0.25, 0.3) is 0 Å². The van der Waals surface area contributed by atoms with E-state index in [-0.39, 0.29) is 17.9 Å². The summed E-state index contributed by atoms with van der Waals surface area (Å²) in [6.07, 6.45) is -1.83. The third-order valence-electron chi connectivity index (χ3n) is 4.50. The summed E-state index contributed by atoms with van der Waals surface area (Å²) in [6, 6.07) is 9.57. The van der Waals surface area contributed by atoms with Crippen LogP contribution < -0.4 is 15.7 Å². The predicted octanol–water partition coefficient (Wildman–Crippen LogP) is -0.185. The van der Waals surface area contributed by atoms with E-state index in [1.165, 1.54) is 12.7 Å². The number of ether oxygens (including phenoxy) is 1. The first-order valence-electron chi connectivity index (χ1n) is 9.13. The van der Waals surface area contributed by atoms with Gasteiger partial charge in [-0.1, -0.05) is 30.3 Å². The first-order chi connectivity index (χ1) is 14.1. The minimum Gasteiger partial charge on any atom is -0.542 e. The molecule has 1 heterocycles. The summed E-state index contributed by atoms with van der Waals surface area (Å²) in [7, 11) is 1.35. The fourth-order valence-corrected chi connectivity index (χ4v) is 3.42. The van der Waals surface area contributed by atoms with E-state index in [0.717, 1.165) is 18.7 Å². The van der Waals surface area contributed by atoms with Crippen LogP contribution in [-0.4, -0.2) is 61.8 Å². The summed E-state index contributed by atoms with van der Waals surface area (Å²) in [5.74, 6) is -2.26. The molecule has 0 saturated carbocycles. The molecule has 0 spiro atoms. The van der Waals surface area contributed by atoms with E-state index in [1.54, 1.807) is 11.8 Å². The lowest BCUT2D eigenvalue weighted by Crippen LogP contribution is -2.89. The number of hydrogen-bond acceptors (Lipinski definition) is 6. The maximum Gasteiger partial charge on any atom is 0.430 e. The van der Waals surface area contributed by atoms with Crippen molar-refractivity contribution in [2.45, 2.75) is 37.0 Å². The Morgan fingerprint density at radius 1 is 1.30 bits per heavy atom. The van der Waals surface area contributed by atoms with E-state index in [4.69, 9.17) is 14.6 Å². The SMILES string of the molecule is COC(=O)[C@H](CCSC)NC(=O)[C@@H]1C[C@H](c2ccccc2)C[NH2+]1.O=C([O-])C(F)(F)F. The van der Waals surface area contributed by atoms with E-state index >= 15 is 0 Å². The van der Waals surface area contributed by atoms with Gasteiger partial charge in [-0.05, 0) is 24.0 Å². The zero-order chi connectivity index (χ0) is 22.7. The number of carboxylic acid groups (broad SMARTS) is 1. The molecule has 0 aromatic heterocycles. The number of esters is 1. The van der Waals surface area contributed by atoms with Gasteiger partial charge in [0.25, 0.3) is 5.91 Å². The molecule has 1 aromatic carbocycles. The van der Waals surface area contributed by atoms with Crippen molar-refractivity contribution >= 4 is 29.6 Å². The number of amides is 1. The molecule has 30 heavy (non-hydrogen) atoms. The number of methoxy groups -OCH3 is 1. The van der Waals surface area contributed by atoms with Crippen molar-refractivity contribution in [3.63, 3.8) is 0 Å². The van der Waals surface area contributed by atoms with Crippen molar-refractivity contribution in [3.8, 4) is 0 Å². The van der Waals surface area contributed by atoms with Crippen LogP contribution in [0.5, 0.6) is 0 Å². The highest BCUT2D eigenvalue weighted by molar-refractivity contribution is 7.98. The second-order valence-corrected chi connectivity index (χ2v) is 7.56. The maximum atomic E-state index is 12.5. The van der Waals surface area contributed by atoms with Gasteiger partial charge in [-0.25, -0.2) is 4.79 Å². The van der Waals surface area contributed by atoms with Crippen LogP contribution in [0.3, 0.4) is 0 Å². The van der Waals surface area contributed by atoms with E-state index in [2.05, 4.69) is 22.8 Å². The largest absolute Gasteiger partial charge is 0.542 e. The monoisotopic (exact) mass is 450 g/mol. The van der Waals surface area contributed by atoms with Gasteiger partial charge in [0.05, 0.1) is 13.7 Å². The number of carbonyl (C=O) groups excluding carboxylic acids is 3. The Morgan fingerprint density at radius 3 is 2.40 bits per heavy atom. The number of thioether (sulfide) groups is 1. The quantitative estimate of drug-likeness (QED) is 0.558. The minimum atomic E-state index is -5.19. The fourth-order valence-electron chi connectivity index (χ4n) is 2.94. The Bertz CT molecular complexity index is 703. The van der Waals surface area contributed by atoms with Crippen molar-refractivity contribution in [2.24, 2.45) is 0 Å². The number of rotatable bonds is 7. The molecule has 7 nitrogen and oxygen atoms in total. The van der Waals surface area contributed by atoms with Gasteiger partial charge in [0.1, 0.15) is 12.0 Å². The van der Waals surface area contributed by atoms with Crippen LogP contribution in [0, 0.1) is 0 Å². The van der Waals surface area contributed by atoms with Gasteiger partial charge in [0.2, 0.25) is 0 Å². The summed E-state index contributed by atoms with van der Waals surface area (Å²) in [6.45, 7) is 0.899. The standard InChI is InChI=1S/C17H24N2O3S.C2HF3O2/c1-22-17(21)14(8-9-23-2)19-16(20)15-10-13(11-18-15)12-6-4-3-5-7-12;3-2(4,5)1(6)7/h3-7,13-15,18H,8-11H2,1-2H3,(H,19,20);(H,6,7)/t13-,14-,15-;/m0./s1. The van der Waals surface area contributed by atoms with Crippen molar-refractivity contribution in [1.82, 2.24) is 5.32 Å². The molecule has 1 saturated heterocycles. The van der Waals surface area contributed by atoms with Crippen LogP contribution in [0.2, 0.25) is 0 Å². The molecular formula is C19H25F3N2O5S. The van der Waals surface area contributed by atoms with Crippen molar-refractivity contribution in [1.29, 1.82) is 0 Å². The van der Waals surface area contributed by atoms with Crippen molar-refractivity contribution in [3.05, 3.63) is 35.9 Å². The summed E-state index contributed by atoms with van der Waals surface area (Å²) in [5, 5.41) is 13.7. The molecule has 1 amide bonds. The highest BCUT2D eigenvalue weighted by Gasteiger charge is 2.36. The van der Waals surface area contributed by atoms with E-state index < -0.39 is 18.2 Å². The van der Waals surface area contributed by atoms with E-state index in [0.29, 0.717) is 12.3 Å². The molecule has 3 atom stereocenters. The smallest absolute Gasteiger partial charge is 0.430 e. The van der Waals surface area contributed by atoms with Gasteiger partial charge in [-0.2, -0.15) is 24.9 Å². The average molecular weight is 450 g/mol. The summed E-state index contributed by atoms with van der Waals surface area (Å²) in [4.78, 5) is 33.0. The number of nitrogens with two attached hydrogens (primary N) is 1. The molecule has 168 valence electrons. The lowest BCUT2D eigenvalue weighted by molar-refractivity contribution is -0.658. The molecule has 0 aliphatic carbocycles. The van der Waals surface area contributed by atoms with Crippen LogP contribution in [0.15, 0.2) is 30.3 Å². The van der Waals surface area contributed by atoms with Crippen LogP contribution >= 0.6 is 11.8 Å². The first kappa shape index (κ1) is 25.8. The number of alkyl halides is 3. The molecule has 1 fully saturated rings. The summed E-state index contributed by atoms with van der Waals surface area (Å²) in [5.41, 5.74) is 1.27. The molecule has 3 N–H and O–H groups in total. The Hall–Kier alpha value is -2.27. The Morgan fingerprint density at radius 2 is 1.90 bits per heavy atom. The number of halogens is 3. The predicted molar refractivity (Wildman–Crippen MR) is 102 cm³/mol. The third-order valence-corrected chi connectivity index (χ3v) is 5.14. The lowest BCUT2D eigenvalue weighted by Gasteiger charge is -2.17. The summed E-state index contributed by atoms with van der Waals surface area (Å²) >= 11 is 1.65. The number of aliphatic carboxylic acids is 1. The molecular weight excluding hydrogens is 425 g/mol. The molecule has 0 unspecified atom stereocenters. The Labute approximate surface area is 176 Å². The number of hydrogen-bond donors (Lipinski definition) is 2. The maximum absolute atomic E-state index is 12.5.